The van der Waals surface area contributed by atoms with Gasteiger partial charge in [0.2, 0.25) is 0 Å². The molecular weight excluding hydrogens is 330 g/mol. The highest BCUT2D eigenvalue weighted by Crippen LogP contribution is 2.28. The van der Waals surface area contributed by atoms with Crippen molar-refractivity contribution in [2.75, 3.05) is 5.32 Å². The van der Waals surface area contributed by atoms with Crippen LogP contribution < -0.4 is 5.32 Å². The van der Waals surface area contributed by atoms with Crippen LogP contribution in [0.4, 0.5) is 13.9 Å². The summed E-state index contributed by atoms with van der Waals surface area (Å²) in [5, 5.41) is 4.62. The van der Waals surface area contributed by atoms with Gasteiger partial charge in [0, 0.05) is 16.5 Å². The minimum Gasteiger partial charge on any atom is -0.298 e. The molecule has 0 spiro atoms. The van der Waals surface area contributed by atoms with E-state index in [9.17, 15) is 13.6 Å². The number of rotatable bonds is 3. The molecule has 6 heteroatoms. The van der Waals surface area contributed by atoms with Crippen molar-refractivity contribution in [2.45, 2.75) is 13.8 Å². The van der Waals surface area contributed by atoms with Gasteiger partial charge in [-0.2, -0.15) is 0 Å². The Balaban J connectivity index is 1.85. The Morgan fingerprint density at radius 2 is 1.96 bits per heavy atom. The van der Waals surface area contributed by atoms with Crippen molar-refractivity contribution in [2.24, 2.45) is 0 Å². The lowest BCUT2D eigenvalue weighted by Gasteiger charge is -2.07. The molecule has 1 N–H and O–H groups in total. The molecule has 3 aromatic rings. The van der Waals surface area contributed by atoms with Crippen LogP contribution in [0.15, 0.2) is 41.8 Å². The lowest BCUT2D eigenvalue weighted by Crippen LogP contribution is -2.13. The zero-order valence-corrected chi connectivity index (χ0v) is 13.9. The fraction of sp³-hybridized carbons (Fsp3) is 0.111. The zero-order chi connectivity index (χ0) is 17.3. The van der Waals surface area contributed by atoms with Crippen LogP contribution in [0.25, 0.3) is 11.3 Å². The second kappa shape index (κ2) is 6.49. The number of nitrogens with zero attached hydrogens (tertiary/aromatic N) is 1. The number of amides is 1. The van der Waals surface area contributed by atoms with Crippen LogP contribution in [0.2, 0.25) is 0 Å². The lowest BCUT2D eigenvalue weighted by molar-refractivity contribution is 0.102. The van der Waals surface area contributed by atoms with E-state index in [4.69, 9.17) is 0 Å². The molecule has 0 atom stereocenters. The Morgan fingerprint density at radius 3 is 2.75 bits per heavy atom. The quantitative estimate of drug-likeness (QED) is 0.730. The third-order valence-corrected chi connectivity index (χ3v) is 4.54. The maximum atomic E-state index is 13.8. The number of nitrogens with one attached hydrogen (secondary N) is 1. The number of benzene rings is 2. The number of thiazole rings is 1. The third kappa shape index (κ3) is 3.19. The lowest BCUT2D eigenvalue weighted by atomic mass is 10.0. The first kappa shape index (κ1) is 16.3. The van der Waals surface area contributed by atoms with Gasteiger partial charge in [-0.25, -0.2) is 13.8 Å². The molecule has 1 heterocycles. The van der Waals surface area contributed by atoms with Gasteiger partial charge in [-0.1, -0.05) is 12.1 Å². The predicted molar refractivity (Wildman–Crippen MR) is 91.3 cm³/mol. The number of aromatic nitrogens is 1. The third-order valence-electron chi connectivity index (χ3n) is 3.78. The number of carbonyl (C=O) groups excluding carboxylic acids is 1. The molecule has 3 rings (SSSR count). The summed E-state index contributed by atoms with van der Waals surface area (Å²) in [6, 6.07) is 8.67. The van der Waals surface area contributed by atoms with Crippen molar-refractivity contribution in [3.05, 3.63) is 70.1 Å². The first-order valence-corrected chi connectivity index (χ1v) is 8.12. The average Bonchev–Trinajstić information content (AvgIpc) is 3.00. The second-order valence-corrected chi connectivity index (χ2v) is 6.22. The summed E-state index contributed by atoms with van der Waals surface area (Å²) >= 11 is 1.16. The molecule has 0 unspecified atom stereocenters. The van der Waals surface area contributed by atoms with Crippen LogP contribution in [-0.2, 0) is 0 Å². The molecule has 0 aliphatic carbocycles. The van der Waals surface area contributed by atoms with Crippen molar-refractivity contribution >= 4 is 22.4 Å². The summed E-state index contributed by atoms with van der Waals surface area (Å²) in [5.74, 6) is -1.38. The van der Waals surface area contributed by atoms with E-state index in [0.717, 1.165) is 40.7 Å². The normalized spacial score (nSPS) is 10.7. The molecule has 24 heavy (non-hydrogen) atoms. The molecular formula is C18H14F2N2OS. The highest BCUT2D eigenvalue weighted by Gasteiger charge is 2.14. The van der Waals surface area contributed by atoms with Crippen molar-refractivity contribution in [3.8, 4) is 11.3 Å². The fourth-order valence-electron chi connectivity index (χ4n) is 2.31. The van der Waals surface area contributed by atoms with E-state index >= 15 is 0 Å². The summed E-state index contributed by atoms with van der Waals surface area (Å²) in [6.45, 7) is 3.81. The highest BCUT2D eigenvalue weighted by atomic mass is 32.1. The van der Waals surface area contributed by atoms with Crippen LogP contribution in [-0.4, -0.2) is 10.9 Å². The number of halogens is 2. The molecule has 0 aliphatic heterocycles. The number of hydrogen-bond donors (Lipinski definition) is 1. The first-order valence-electron chi connectivity index (χ1n) is 7.24. The van der Waals surface area contributed by atoms with E-state index < -0.39 is 11.6 Å². The molecule has 0 saturated carbocycles. The van der Waals surface area contributed by atoms with E-state index in [1.165, 1.54) is 0 Å². The monoisotopic (exact) mass is 344 g/mol. The largest absolute Gasteiger partial charge is 0.298 e. The minimum absolute atomic E-state index is 0.0680. The van der Waals surface area contributed by atoms with E-state index in [0.29, 0.717) is 10.7 Å². The smallest absolute Gasteiger partial charge is 0.257 e. The molecule has 1 amide bonds. The van der Waals surface area contributed by atoms with E-state index in [1.807, 2.05) is 26.0 Å². The maximum absolute atomic E-state index is 13.8. The number of hydrogen-bond acceptors (Lipinski definition) is 3. The Morgan fingerprint density at radius 1 is 1.17 bits per heavy atom. The summed E-state index contributed by atoms with van der Waals surface area (Å²) in [5.41, 5.74) is 2.82. The van der Waals surface area contributed by atoms with Crippen LogP contribution in [0.3, 0.4) is 0 Å². The fourth-order valence-corrected chi connectivity index (χ4v) is 3.02. The van der Waals surface area contributed by atoms with Gasteiger partial charge in [0.1, 0.15) is 11.6 Å². The van der Waals surface area contributed by atoms with Crippen molar-refractivity contribution in [3.63, 3.8) is 0 Å². The molecule has 0 saturated heterocycles. The molecule has 0 aliphatic rings. The minimum atomic E-state index is -0.561. The van der Waals surface area contributed by atoms with E-state index in [2.05, 4.69) is 10.3 Å². The molecule has 1 aromatic heterocycles. The average molecular weight is 344 g/mol. The Kier molecular flexibility index (Phi) is 4.40. The molecule has 122 valence electrons. The molecule has 3 nitrogen and oxygen atoms in total. The Hall–Kier alpha value is -2.60. The van der Waals surface area contributed by atoms with Gasteiger partial charge in [-0.3, -0.25) is 10.1 Å². The van der Waals surface area contributed by atoms with Crippen LogP contribution in [0.1, 0.15) is 21.5 Å². The number of anilines is 1. The van der Waals surface area contributed by atoms with Crippen molar-refractivity contribution in [1.82, 2.24) is 4.98 Å². The molecule has 0 bridgehead atoms. The summed E-state index contributed by atoms with van der Waals surface area (Å²) in [7, 11) is 0. The summed E-state index contributed by atoms with van der Waals surface area (Å²) in [4.78, 5) is 16.6. The van der Waals surface area contributed by atoms with E-state index in [1.54, 1.807) is 11.4 Å². The topological polar surface area (TPSA) is 42.0 Å². The van der Waals surface area contributed by atoms with E-state index in [-0.39, 0.29) is 17.2 Å². The van der Waals surface area contributed by atoms with Gasteiger partial charge in [0.25, 0.3) is 5.91 Å². The first-order chi connectivity index (χ1) is 11.5. The maximum Gasteiger partial charge on any atom is 0.257 e. The standard InChI is InChI=1S/C18H14F2N2OS/c1-10-4-3-5-13(11(10)2)17(23)22-18-21-16(9-24-18)14-8-12(19)6-7-15(14)20/h3-9H,1-2H3,(H,21,22,23). The molecule has 0 fully saturated rings. The Labute approximate surface area is 142 Å². The summed E-state index contributed by atoms with van der Waals surface area (Å²) in [6.07, 6.45) is 0. The van der Waals surface area contributed by atoms with Gasteiger partial charge >= 0.3 is 0 Å². The second-order valence-electron chi connectivity index (χ2n) is 5.36. The van der Waals surface area contributed by atoms with Crippen LogP contribution in [0.5, 0.6) is 0 Å². The zero-order valence-electron chi connectivity index (χ0n) is 13.1. The molecule has 2 aromatic carbocycles. The molecule has 0 radical (unpaired) electrons. The van der Waals surface area contributed by atoms with Crippen LogP contribution in [0, 0.1) is 25.5 Å². The van der Waals surface area contributed by atoms with Gasteiger partial charge in [-0.05, 0) is 49.2 Å². The van der Waals surface area contributed by atoms with Crippen molar-refractivity contribution in [1.29, 1.82) is 0 Å². The number of aryl methyl sites for hydroxylation is 1. The van der Waals surface area contributed by atoms with Crippen molar-refractivity contribution < 1.29 is 13.6 Å². The number of carbonyl (C=O) groups is 1. The van der Waals surface area contributed by atoms with Gasteiger partial charge in [-0.15, -0.1) is 11.3 Å². The summed E-state index contributed by atoms with van der Waals surface area (Å²) < 4.78 is 27.1. The van der Waals surface area contributed by atoms with Gasteiger partial charge in [0.15, 0.2) is 5.13 Å². The SMILES string of the molecule is Cc1cccc(C(=O)Nc2nc(-c3cc(F)ccc3F)cs2)c1C. The van der Waals surface area contributed by atoms with Crippen LogP contribution >= 0.6 is 11.3 Å². The van der Waals surface area contributed by atoms with Gasteiger partial charge < -0.3 is 0 Å². The van der Waals surface area contributed by atoms with Gasteiger partial charge in [0.05, 0.1) is 5.69 Å². The Bertz CT molecular complexity index is 921. The predicted octanol–water partition coefficient (Wildman–Crippen LogP) is 4.96. The highest BCUT2D eigenvalue weighted by molar-refractivity contribution is 7.14.